The van der Waals surface area contributed by atoms with Crippen molar-refractivity contribution in [1.29, 1.82) is 0 Å². The summed E-state index contributed by atoms with van der Waals surface area (Å²) in [5.41, 5.74) is 1.22. The van der Waals surface area contributed by atoms with Crippen molar-refractivity contribution in [2.24, 2.45) is 0 Å². The summed E-state index contributed by atoms with van der Waals surface area (Å²) in [5, 5.41) is 0. The lowest BCUT2D eigenvalue weighted by atomic mass is 9.91. The Labute approximate surface area is 176 Å². The van der Waals surface area contributed by atoms with Crippen LogP contribution in [0.25, 0.3) is 0 Å². The van der Waals surface area contributed by atoms with E-state index < -0.39 is 0 Å². The van der Waals surface area contributed by atoms with E-state index in [0.29, 0.717) is 18.2 Å². The topological polar surface area (TPSA) is 40.2 Å². The Morgan fingerprint density at radius 3 is 2.59 bits per heavy atom. The van der Waals surface area contributed by atoms with Gasteiger partial charge < -0.3 is 18.9 Å². The molecule has 0 spiro atoms. The normalized spacial score (nSPS) is 25.3. The van der Waals surface area contributed by atoms with E-state index in [4.69, 9.17) is 18.9 Å². The van der Waals surface area contributed by atoms with Crippen molar-refractivity contribution in [2.75, 3.05) is 40.5 Å². The Balaban J connectivity index is 1.48. The maximum atomic E-state index is 6.42. The minimum Gasteiger partial charge on any atom is -0.493 e. The van der Waals surface area contributed by atoms with Gasteiger partial charge in [-0.2, -0.15) is 0 Å². The molecular weight excluding hydrogens is 366 g/mol. The van der Waals surface area contributed by atoms with Crippen LogP contribution >= 0.6 is 0 Å². The van der Waals surface area contributed by atoms with E-state index in [1.54, 1.807) is 14.2 Å². The van der Waals surface area contributed by atoms with Crippen LogP contribution in [0.2, 0.25) is 0 Å². The van der Waals surface area contributed by atoms with Gasteiger partial charge in [0.05, 0.1) is 33.0 Å². The maximum absolute atomic E-state index is 6.42. The van der Waals surface area contributed by atoms with Crippen molar-refractivity contribution in [2.45, 2.75) is 76.5 Å². The molecule has 164 valence electrons. The molecule has 1 aliphatic heterocycles. The summed E-state index contributed by atoms with van der Waals surface area (Å²) in [4.78, 5) is 2.64. The maximum Gasteiger partial charge on any atom is 0.160 e. The van der Waals surface area contributed by atoms with Crippen LogP contribution in [-0.4, -0.2) is 63.7 Å². The molecule has 0 radical (unpaired) electrons. The van der Waals surface area contributed by atoms with Crippen molar-refractivity contribution in [3.63, 3.8) is 0 Å². The second-order valence-electron chi connectivity index (χ2n) is 8.33. The SMILES string of the molecule is CCCCO[C@@H]1CCN(C2CCCCC2OCCc2ccc(OC)c(OC)c2)C1. The molecule has 0 bridgehead atoms. The highest BCUT2D eigenvalue weighted by atomic mass is 16.5. The molecule has 1 aliphatic carbocycles. The lowest BCUT2D eigenvalue weighted by Crippen LogP contribution is -2.46. The van der Waals surface area contributed by atoms with Gasteiger partial charge in [0.15, 0.2) is 11.5 Å². The molecule has 2 aliphatic rings. The van der Waals surface area contributed by atoms with Gasteiger partial charge in [0.25, 0.3) is 0 Å². The first-order valence-electron chi connectivity index (χ1n) is 11.4. The number of likely N-dealkylation sites (tertiary alicyclic amines) is 1. The zero-order valence-electron chi connectivity index (χ0n) is 18.5. The van der Waals surface area contributed by atoms with Gasteiger partial charge in [0.2, 0.25) is 0 Å². The van der Waals surface area contributed by atoms with Gasteiger partial charge in [0, 0.05) is 25.7 Å². The number of benzene rings is 1. The molecule has 5 heteroatoms. The molecule has 1 saturated carbocycles. The van der Waals surface area contributed by atoms with E-state index in [1.807, 2.05) is 6.07 Å². The van der Waals surface area contributed by atoms with Gasteiger partial charge in [-0.25, -0.2) is 0 Å². The molecule has 1 aromatic carbocycles. The van der Waals surface area contributed by atoms with Crippen LogP contribution in [0.15, 0.2) is 18.2 Å². The second-order valence-corrected chi connectivity index (χ2v) is 8.33. The Morgan fingerprint density at radius 1 is 0.966 bits per heavy atom. The lowest BCUT2D eigenvalue weighted by Gasteiger charge is -2.37. The molecule has 0 aromatic heterocycles. The van der Waals surface area contributed by atoms with Crippen LogP contribution in [0.5, 0.6) is 11.5 Å². The molecule has 1 saturated heterocycles. The highest BCUT2D eigenvalue weighted by Crippen LogP contribution is 2.30. The molecule has 2 unspecified atom stereocenters. The van der Waals surface area contributed by atoms with E-state index in [2.05, 4.69) is 24.0 Å². The number of methoxy groups -OCH3 is 2. The average Bonchev–Trinajstić information content (AvgIpc) is 3.23. The third-order valence-corrected chi connectivity index (χ3v) is 6.34. The molecule has 3 atom stereocenters. The molecule has 2 fully saturated rings. The number of unbranched alkanes of at least 4 members (excludes halogenated alkanes) is 1. The first kappa shape index (κ1) is 22.4. The Bertz CT molecular complexity index is 609. The highest BCUT2D eigenvalue weighted by molar-refractivity contribution is 5.42. The fourth-order valence-electron chi connectivity index (χ4n) is 4.64. The summed E-state index contributed by atoms with van der Waals surface area (Å²) in [7, 11) is 3.35. The summed E-state index contributed by atoms with van der Waals surface area (Å²) >= 11 is 0. The Kier molecular flexibility index (Phi) is 9.09. The van der Waals surface area contributed by atoms with E-state index in [9.17, 15) is 0 Å². The third-order valence-electron chi connectivity index (χ3n) is 6.34. The minimum absolute atomic E-state index is 0.346. The first-order chi connectivity index (χ1) is 14.2. The van der Waals surface area contributed by atoms with E-state index in [1.165, 1.54) is 50.5 Å². The Morgan fingerprint density at radius 2 is 1.79 bits per heavy atom. The Hall–Kier alpha value is -1.30. The van der Waals surface area contributed by atoms with Crippen molar-refractivity contribution in [3.8, 4) is 11.5 Å². The smallest absolute Gasteiger partial charge is 0.160 e. The van der Waals surface area contributed by atoms with Gasteiger partial charge in [-0.3, -0.25) is 4.90 Å². The number of nitrogens with zero attached hydrogens (tertiary/aromatic N) is 1. The molecule has 5 nitrogen and oxygen atoms in total. The third kappa shape index (κ3) is 6.34. The fraction of sp³-hybridized carbons (Fsp3) is 0.750. The molecule has 1 aromatic rings. The monoisotopic (exact) mass is 405 g/mol. The van der Waals surface area contributed by atoms with Crippen LogP contribution in [0.3, 0.4) is 0 Å². The largest absolute Gasteiger partial charge is 0.493 e. The predicted molar refractivity (Wildman–Crippen MR) is 116 cm³/mol. The van der Waals surface area contributed by atoms with Crippen LogP contribution in [-0.2, 0) is 15.9 Å². The van der Waals surface area contributed by atoms with Crippen molar-refractivity contribution < 1.29 is 18.9 Å². The molecule has 29 heavy (non-hydrogen) atoms. The molecule has 3 rings (SSSR count). The first-order valence-corrected chi connectivity index (χ1v) is 11.4. The minimum atomic E-state index is 0.346. The van der Waals surface area contributed by atoms with Crippen LogP contribution in [0.4, 0.5) is 0 Å². The summed E-state index contributed by atoms with van der Waals surface area (Å²) in [6.45, 7) is 6.10. The van der Waals surface area contributed by atoms with Gasteiger partial charge >= 0.3 is 0 Å². The second kappa shape index (κ2) is 11.8. The summed E-state index contributed by atoms with van der Waals surface area (Å²) < 4.78 is 23.2. The lowest BCUT2D eigenvalue weighted by molar-refractivity contribution is -0.0345. The van der Waals surface area contributed by atoms with Crippen molar-refractivity contribution >= 4 is 0 Å². The summed E-state index contributed by atoms with van der Waals surface area (Å²) in [6.07, 6.45) is 10.2. The molecule has 0 amide bonds. The van der Waals surface area contributed by atoms with Gasteiger partial charge in [-0.15, -0.1) is 0 Å². The fourth-order valence-corrected chi connectivity index (χ4v) is 4.64. The predicted octanol–water partition coefficient (Wildman–Crippen LogP) is 4.47. The number of hydrogen-bond donors (Lipinski definition) is 0. The summed E-state index contributed by atoms with van der Waals surface area (Å²) in [5.74, 6) is 1.56. The van der Waals surface area contributed by atoms with Crippen LogP contribution < -0.4 is 9.47 Å². The molecule has 1 heterocycles. The van der Waals surface area contributed by atoms with Crippen LogP contribution in [0.1, 0.15) is 57.4 Å². The average molecular weight is 406 g/mol. The number of hydrogen-bond acceptors (Lipinski definition) is 5. The summed E-state index contributed by atoms with van der Waals surface area (Å²) in [6, 6.07) is 6.68. The van der Waals surface area contributed by atoms with E-state index >= 15 is 0 Å². The standard InChI is InChI=1S/C24H39NO4/c1-4-5-15-28-20-12-14-25(18-20)21-8-6-7-9-22(21)29-16-13-19-10-11-23(26-2)24(17-19)27-3/h10-11,17,20-22H,4-9,12-16,18H2,1-3H3/t20-,21?,22?/m1/s1. The van der Waals surface area contributed by atoms with E-state index in [-0.39, 0.29) is 0 Å². The highest BCUT2D eigenvalue weighted by Gasteiger charge is 2.35. The van der Waals surface area contributed by atoms with Gasteiger partial charge in [0.1, 0.15) is 0 Å². The van der Waals surface area contributed by atoms with Gasteiger partial charge in [-0.1, -0.05) is 32.3 Å². The van der Waals surface area contributed by atoms with Gasteiger partial charge in [-0.05, 0) is 49.8 Å². The molecule has 0 N–H and O–H groups in total. The van der Waals surface area contributed by atoms with Crippen molar-refractivity contribution in [3.05, 3.63) is 23.8 Å². The quantitative estimate of drug-likeness (QED) is 0.508. The zero-order valence-corrected chi connectivity index (χ0v) is 18.5. The number of ether oxygens (including phenoxy) is 4. The van der Waals surface area contributed by atoms with Crippen LogP contribution in [0, 0.1) is 0 Å². The number of rotatable bonds is 11. The van der Waals surface area contributed by atoms with Crippen molar-refractivity contribution in [1.82, 2.24) is 4.90 Å². The molecular formula is C24H39NO4. The zero-order chi connectivity index (χ0) is 20.5. The van der Waals surface area contributed by atoms with E-state index in [0.717, 1.165) is 44.2 Å².